The van der Waals surface area contributed by atoms with Gasteiger partial charge in [0.2, 0.25) is 5.91 Å². The third-order valence-corrected chi connectivity index (χ3v) is 4.88. The Kier molecular flexibility index (Phi) is 3.23. The Labute approximate surface area is 133 Å². The Morgan fingerprint density at radius 3 is 2.91 bits per heavy atom. The predicted octanol–water partition coefficient (Wildman–Crippen LogP) is 2.25. The summed E-state index contributed by atoms with van der Waals surface area (Å²) in [6.45, 7) is 1.00. The molecule has 1 aromatic carbocycles. The second-order valence-electron chi connectivity index (χ2n) is 6.43. The van der Waals surface area contributed by atoms with E-state index in [1.165, 1.54) is 12.1 Å². The summed E-state index contributed by atoms with van der Waals surface area (Å²) in [5.41, 5.74) is 7.59. The molecular weight excluding hydrogens is 297 g/mol. The topological polar surface area (TPSA) is 72.4 Å². The number of nitrogens with zero attached hydrogens (tertiary/aromatic N) is 2. The molecule has 5 nitrogen and oxygen atoms in total. The van der Waals surface area contributed by atoms with Gasteiger partial charge in [-0.15, -0.1) is 0 Å². The van der Waals surface area contributed by atoms with E-state index in [0.717, 1.165) is 30.6 Å². The molecule has 6 heteroatoms. The minimum atomic E-state index is -0.701. The number of hydrogen-bond donors (Lipinski definition) is 1. The molecular formula is C17H18FN3O2. The average Bonchev–Trinajstić information content (AvgIpc) is 2.95. The van der Waals surface area contributed by atoms with Gasteiger partial charge in [-0.25, -0.2) is 4.39 Å². The van der Waals surface area contributed by atoms with Gasteiger partial charge in [-0.3, -0.25) is 4.79 Å². The second-order valence-corrected chi connectivity index (χ2v) is 6.43. The van der Waals surface area contributed by atoms with E-state index in [2.05, 4.69) is 5.16 Å². The summed E-state index contributed by atoms with van der Waals surface area (Å²) in [6.07, 6.45) is 3.10. The first kappa shape index (κ1) is 14.4. The molecule has 0 bridgehead atoms. The number of rotatable bonds is 2. The van der Waals surface area contributed by atoms with E-state index in [9.17, 15) is 9.18 Å². The molecule has 1 saturated carbocycles. The molecule has 1 aliphatic heterocycles. The second kappa shape index (κ2) is 5.16. The van der Waals surface area contributed by atoms with E-state index in [4.69, 9.17) is 10.3 Å². The van der Waals surface area contributed by atoms with E-state index in [1.807, 2.05) is 0 Å². The lowest BCUT2D eigenvalue weighted by Gasteiger charge is -2.41. The number of hydrogen-bond acceptors (Lipinski definition) is 4. The highest BCUT2D eigenvalue weighted by Crippen LogP contribution is 2.35. The van der Waals surface area contributed by atoms with Crippen molar-refractivity contribution < 1.29 is 13.7 Å². The van der Waals surface area contributed by atoms with Crippen molar-refractivity contribution in [3.8, 4) is 11.3 Å². The smallest absolute Gasteiger partial charge is 0.242 e. The van der Waals surface area contributed by atoms with Crippen molar-refractivity contribution in [2.24, 2.45) is 5.73 Å². The largest absolute Gasteiger partial charge is 0.360 e. The van der Waals surface area contributed by atoms with Gasteiger partial charge in [0.15, 0.2) is 0 Å². The minimum Gasteiger partial charge on any atom is -0.360 e. The number of aromatic nitrogens is 1. The summed E-state index contributed by atoms with van der Waals surface area (Å²) >= 11 is 0. The lowest BCUT2D eigenvalue weighted by Crippen LogP contribution is -2.60. The molecule has 0 atom stereocenters. The van der Waals surface area contributed by atoms with Crippen molar-refractivity contribution in [2.75, 3.05) is 6.54 Å². The van der Waals surface area contributed by atoms with Crippen LogP contribution in [0.15, 0.2) is 28.8 Å². The molecule has 1 aromatic heterocycles. The number of amides is 1. The molecule has 0 spiro atoms. The number of nitrogens with two attached hydrogens (primary N) is 1. The third kappa shape index (κ3) is 2.34. The SMILES string of the molecule is NC1(C(=O)N2CCc3onc(-c4cccc(F)c4)c3C2)CCC1. The van der Waals surface area contributed by atoms with Crippen molar-refractivity contribution in [1.29, 1.82) is 0 Å². The fraction of sp³-hybridized carbons (Fsp3) is 0.412. The fourth-order valence-corrected chi connectivity index (χ4v) is 3.33. The van der Waals surface area contributed by atoms with Crippen LogP contribution < -0.4 is 5.73 Å². The van der Waals surface area contributed by atoms with Crippen LogP contribution in [0.25, 0.3) is 11.3 Å². The van der Waals surface area contributed by atoms with Gasteiger partial charge in [0.05, 0.1) is 12.1 Å². The van der Waals surface area contributed by atoms with Crippen LogP contribution in [0.1, 0.15) is 30.6 Å². The fourth-order valence-electron chi connectivity index (χ4n) is 3.33. The van der Waals surface area contributed by atoms with Crippen molar-refractivity contribution in [3.63, 3.8) is 0 Å². The number of benzene rings is 1. The van der Waals surface area contributed by atoms with Crippen LogP contribution in [0, 0.1) is 5.82 Å². The standard InChI is InChI=1S/C17H18FN3O2/c18-12-4-1-3-11(9-12)15-13-10-21(8-5-14(13)23-20-15)16(22)17(19)6-2-7-17/h1,3-4,9H,2,5-8,10,19H2. The predicted molar refractivity (Wildman–Crippen MR) is 81.8 cm³/mol. The van der Waals surface area contributed by atoms with E-state index in [-0.39, 0.29) is 11.7 Å². The van der Waals surface area contributed by atoms with Gasteiger partial charge in [0, 0.05) is 24.1 Å². The van der Waals surface area contributed by atoms with Gasteiger partial charge in [-0.1, -0.05) is 17.3 Å². The summed E-state index contributed by atoms with van der Waals surface area (Å²) in [6, 6.07) is 6.24. The van der Waals surface area contributed by atoms with Crippen LogP contribution in [0.3, 0.4) is 0 Å². The van der Waals surface area contributed by atoms with Gasteiger partial charge >= 0.3 is 0 Å². The Hall–Kier alpha value is -2.21. The normalized spacial score (nSPS) is 19.1. The molecule has 0 unspecified atom stereocenters. The molecule has 23 heavy (non-hydrogen) atoms. The number of fused-ring (bicyclic) bond motifs is 1. The molecule has 2 aromatic rings. The van der Waals surface area contributed by atoms with Crippen molar-refractivity contribution in [2.45, 2.75) is 37.8 Å². The molecule has 4 rings (SSSR count). The number of carbonyl (C=O) groups is 1. The Balaban J connectivity index is 1.64. The van der Waals surface area contributed by atoms with Crippen LogP contribution in [-0.2, 0) is 17.8 Å². The minimum absolute atomic E-state index is 0.000734. The highest BCUT2D eigenvalue weighted by Gasteiger charge is 2.43. The van der Waals surface area contributed by atoms with Crippen LogP contribution in [0.2, 0.25) is 0 Å². The molecule has 120 valence electrons. The first-order valence-corrected chi connectivity index (χ1v) is 7.88. The summed E-state index contributed by atoms with van der Waals surface area (Å²) in [4.78, 5) is 14.4. The van der Waals surface area contributed by atoms with Crippen molar-refractivity contribution >= 4 is 5.91 Å². The van der Waals surface area contributed by atoms with Gasteiger partial charge in [0.25, 0.3) is 0 Å². The molecule has 1 amide bonds. The summed E-state index contributed by atoms with van der Waals surface area (Å²) in [5, 5.41) is 4.09. The first-order valence-electron chi connectivity index (χ1n) is 7.88. The number of carbonyl (C=O) groups excluding carboxylic acids is 1. The van der Waals surface area contributed by atoms with Crippen molar-refractivity contribution in [1.82, 2.24) is 10.1 Å². The molecule has 2 aliphatic rings. The van der Waals surface area contributed by atoms with E-state index in [1.54, 1.807) is 17.0 Å². The maximum absolute atomic E-state index is 13.5. The van der Waals surface area contributed by atoms with Crippen LogP contribution in [-0.4, -0.2) is 28.0 Å². The average molecular weight is 315 g/mol. The molecule has 1 fully saturated rings. The Morgan fingerprint density at radius 1 is 1.39 bits per heavy atom. The maximum atomic E-state index is 13.5. The highest BCUT2D eigenvalue weighted by molar-refractivity contribution is 5.87. The first-order chi connectivity index (χ1) is 11.1. The monoisotopic (exact) mass is 315 g/mol. The van der Waals surface area contributed by atoms with Gasteiger partial charge in [-0.2, -0.15) is 0 Å². The van der Waals surface area contributed by atoms with Gasteiger partial charge in [0.1, 0.15) is 17.3 Å². The van der Waals surface area contributed by atoms with E-state index in [0.29, 0.717) is 30.8 Å². The third-order valence-electron chi connectivity index (χ3n) is 4.88. The van der Waals surface area contributed by atoms with Crippen LogP contribution in [0.5, 0.6) is 0 Å². The summed E-state index contributed by atoms with van der Waals surface area (Å²) < 4.78 is 18.9. The van der Waals surface area contributed by atoms with Gasteiger partial charge in [-0.05, 0) is 31.4 Å². The quantitative estimate of drug-likeness (QED) is 0.922. The lowest BCUT2D eigenvalue weighted by molar-refractivity contribution is -0.141. The highest BCUT2D eigenvalue weighted by atomic mass is 19.1. The van der Waals surface area contributed by atoms with E-state index < -0.39 is 5.54 Å². The zero-order valence-corrected chi connectivity index (χ0v) is 12.7. The summed E-state index contributed by atoms with van der Waals surface area (Å²) in [5.74, 6) is 0.451. The van der Waals surface area contributed by atoms with Crippen LogP contribution >= 0.6 is 0 Å². The zero-order valence-electron chi connectivity index (χ0n) is 12.7. The van der Waals surface area contributed by atoms with Gasteiger partial charge < -0.3 is 15.2 Å². The van der Waals surface area contributed by atoms with E-state index >= 15 is 0 Å². The zero-order chi connectivity index (χ0) is 16.0. The van der Waals surface area contributed by atoms with Crippen LogP contribution in [0.4, 0.5) is 4.39 Å². The molecule has 0 radical (unpaired) electrons. The summed E-state index contributed by atoms with van der Waals surface area (Å²) in [7, 11) is 0. The molecule has 2 heterocycles. The Morgan fingerprint density at radius 2 is 2.22 bits per heavy atom. The molecule has 2 N–H and O–H groups in total. The lowest BCUT2D eigenvalue weighted by atomic mass is 9.76. The molecule has 1 aliphatic carbocycles. The molecule has 0 saturated heterocycles. The maximum Gasteiger partial charge on any atom is 0.242 e. The Bertz CT molecular complexity index is 767. The van der Waals surface area contributed by atoms with Crippen molar-refractivity contribution in [3.05, 3.63) is 41.4 Å². The number of halogens is 1.